The molecule has 0 unspecified atom stereocenters. The van der Waals surface area contributed by atoms with E-state index in [0.717, 1.165) is 10.1 Å². The Morgan fingerprint density at radius 2 is 2.56 bits per heavy atom. The highest BCUT2D eigenvalue weighted by Gasteiger charge is 2.12. The van der Waals surface area contributed by atoms with Gasteiger partial charge in [0.1, 0.15) is 0 Å². The van der Waals surface area contributed by atoms with Crippen molar-refractivity contribution in [3.63, 3.8) is 0 Å². The van der Waals surface area contributed by atoms with Gasteiger partial charge in [-0.25, -0.2) is 4.79 Å². The SMILES string of the molecule is CC1=NN(S)C(=O)NC1. The Kier molecular flexibility index (Phi) is 1.61. The van der Waals surface area contributed by atoms with Crippen molar-refractivity contribution in [3.8, 4) is 0 Å². The van der Waals surface area contributed by atoms with Gasteiger partial charge in [-0.2, -0.15) is 9.52 Å². The van der Waals surface area contributed by atoms with Crippen LogP contribution in [0.5, 0.6) is 0 Å². The fourth-order valence-corrected chi connectivity index (χ4v) is 0.740. The van der Waals surface area contributed by atoms with E-state index in [9.17, 15) is 4.79 Å². The lowest BCUT2D eigenvalue weighted by molar-refractivity contribution is 0.226. The third-order valence-corrected chi connectivity index (χ3v) is 1.21. The summed E-state index contributed by atoms with van der Waals surface area (Å²) in [6.07, 6.45) is 0. The van der Waals surface area contributed by atoms with Gasteiger partial charge >= 0.3 is 6.03 Å². The Morgan fingerprint density at radius 1 is 1.89 bits per heavy atom. The van der Waals surface area contributed by atoms with Crippen LogP contribution in [0.2, 0.25) is 0 Å². The molecule has 50 valence electrons. The number of amides is 2. The highest BCUT2D eigenvalue weighted by molar-refractivity contribution is 7.78. The largest absolute Gasteiger partial charge is 0.348 e. The molecule has 2 amide bonds. The molecule has 9 heavy (non-hydrogen) atoms. The van der Waals surface area contributed by atoms with Gasteiger partial charge in [-0.3, -0.25) is 0 Å². The summed E-state index contributed by atoms with van der Waals surface area (Å²) in [6.45, 7) is 2.35. The van der Waals surface area contributed by atoms with Gasteiger partial charge in [0.25, 0.3) is 0 Å². The second-order valence-corrected chi connectivity index (χ2v) is 2.16. The van der Waals surface area contributed by atoms with Gasteiger partial charge in [-0.1, -0.05) is 0 Å². The second kappa shape index (κ2) is 2.26. The van der Waals surface area contributed by atoms with Crippen molar-refractivity contribution in [2.24, 2.45) is 5.10 Å². The number of carbonyl (C=O) groups is 1. The van der Waals surface area contributed by atoms with Crippen molar-refractivity contribution in [2.45, 2.75) is 6.92 Å². The molecule has 0 spiro atoms. The van der Waals surface area contributed by atoms with E-state index < -0.39 is 0 Å². The number of hydrogen-bond donors (Lipinski definition) is 2. The predicted octanol–water partition coefficient (Wildman–Crippen LogP) is 0.232. The average Bonchev–Trinajstić information content (AvgIpc) is 1.80. The van der Waals surface area contributed by atoms with Crippen LogP contribution < -0.4 is 5.32 Å². The zero-order chi connectivity index (χ0) is 6.85. The van der Waals surface area contributed by atoms with Crippen LogP contribution in [0.25, 0.3) is 0 Å². The van der Waals surface area contributed by atoms with Gasteiger partial charge in [-0.05, 0) is 19.7 Å². The number of carbonyl (C=O) groups excluding carboxylic acids is 1. The molecule has 1 N–H and O–H groups in total. The molecular formula is C4H7N3OS. The lowest BCUT2D eigenvalue weighted by Gasteiger charge is -2.16. The minimum atomic E-state index is -0.274. The summed E-state index contributed by atoms with van der Waals surface area (Å²) >= 11 is 3.75. The number of hydrazone groups is 1. The Balaban J connectivity index is 2.69. The number of urea groups is 1. The average molecular weight is 145 g/mol. The molecular weight excluding hydrogens is 138 g/mol. The van der Waals surface area contributed by atoms with Crippen molar-refractivity contribution in [1.29, 1.82) is 0 Å². The zero-order valence-corrected chi connectivity index (χ0v) is 5.85. The summed E-state index contributed by atoms with van der Waals surface area (Å²) in [4.78, 5) is 10.6. The van der Waals surface area contributed by atoms with Gasteiger partial charge in [0.15, 0.2) is 0 Å². The van der Waals surface area contributed by atoms with Gasteiger partial charge in [0, 0.05) is 0 Å². The molecule has 5 heteroatoms. The van der Waals surface area contributed by atoms with E-state index in [-0.39, 0.29) is 6.03 Å². The molecule has 1 aliphatic heterocycles. The molecule has 0 aliphatic carbocycles. The van der Waals surface area contributed by atoms with Crippen LogP contribution in [0, 0.1) is 0 Å². The first kappa shape index (κ1) is 6.41. The number of rotatable bonds is 0. The van der Waals surface area contributed by atoms with E-state index in [0.29, 0.717) is 6.54 Å². The maximum absolute atomic E-state index is 10.6. The van der Waals surface area contributed by atoms with E-state index >= 15 is 0 Å². The van der Waals surface area contributed by atoms with Gasteiger partial charge in [0.2, 0.25) is 0 Å². The Bertz CT molecular complexity index is 167. The summed E-state index contributed by atoms with van der Waals surface area (Å²) in [6, 6.07) is -0.274. The van der Waals surface area contributed by atoms with E-state index in [4.69, 9.17) is 0 Å². The Labute approximate surface area is 58.5 Å². The van der Waals surface area contributed by atoms with Crippen LogP contribution in [0.1, 0.15) is 6.92 Å². The second-order valence-electron chi connectivity index (χ2n) is 1.78. The molecule has 0 aromatic heterocycles. The standard InChI is InChI=1S/C4H7N3OS/c1-3-2-5-4(8)7(9)6-3/h9H,2H2,1H3,(H,5,8). The van der Waals surface area contributed by atoms with Crippen molar-refractivity contribution in [1.82, 2.24) is 9.73 Å². The highest BCUT2D eigenvalue weighted by Crippen LogP contribution is 1.99. The molecule has 0 saturated carbocycles. The molecule has 0 aromatic carbocycles. The number of hydrogen-bond acceptors (Lipinski definition) is 3. The first-order chi connectivity index (χ1) is 4.20. The van der Waals surface area contributed by atoms with Crippen LogP contribution in [-0.2, 0) is 0 Å². The van der Waals surface area contributed by atoms with Crippen LogP contribution in [0.15, 0.2) is 5.10 Å². The minimum Gasteiger partial charge on any atom is -0.330 e. The summed E-state index contributed by atoms with van der Waals surface area (Å²) in [5.41, 5.74) is 0.851. The van der Waals surface area contributed by atoms with Crippen molar-refractivity contribution >= 4 is 24.6 Å². The molecule has 0 saturated heterocycles. The molecule has 0 atom stereocenters. The molecule has 0 fully saturated rings. The summed E-state index contributed by atoms with van der Waals surface area (Å²) < 4.78 is 0.985. The van der Waals surface area contributed by atoms with Crippen LogP contribution in [-0.4, -0.2) is 22.7 Å². The Hall–Kier alpha value is -0.710. The fraction of sp³-hybridized carbons (Fsp3) is 0.500. The molecule has 0 radical (unpaired) electrons. The lowest BCUT2D eigenvalue weighted by Crippen LogP contribution is -2.39. The summed E-state index contributed by atoms with van der Waals surface area (Å²) in [5, 5.41) is 6.33. The predicted molar refractivity (Wildman–Crippen MR) is 37.3 cm³/mol. The van der Waals surface area contributed by atoms with Crippen LogP contribution >= 0.6 is 12.8 Å². The first-order valence-electron chi connectivity index (χ1n) is 2.51. The minimum absolute atomic E-state index is 0.274. The zero-order valence-electron chi connectivity index (χ0n) is 4.96. The molecule has 1 rings (SSSR count). The van der Waals surface area contributed by atoms with Crippen molar-refractivity contribution < 1.29 is 4.79 Å². The van der Waals surface area contributed by atoms with Crippen molar-refractivity contribution in [2.75, 3.05) is 6.54 Å². The molecule has 1 aliphatic rings. The maximum Gasteiger partial charge on any atom is 0.348 e. The Morgan fingerprint density at radius 3 is 3.00 bits per heavy atom. The van der Waals surface area contributed by atoms with E-state index in [2.05, 4.69) is 23.2 Å². The molecule has 0 aromatic rings. The van der Waals surface area contributed by atoms with Gasteiger partial charge in [0.05, 0.1) is 12.3 Å². The monoisotopic (exact) mass is 145 g/mol. The maximum atomic E-state index is 10.6. The third-order valence-electron chi connectivity index (χ3n) is 0.943. The fourth-order valence-electron chi connectivity index (χ4n) is 0.517. The molecule has 4 nitrogen and oxygen atoms in total. The van der Waals surface area contributed by atoms with Crippen LogP contribution in [0.3, 0.4) is 0 Å². The number of nitrogens with zero attached hydrogens (tertiary/aromatic N) is 2. The summed E-state index contributed by atoms with van der Waals surface area (Å²) in [5.74, 6) is 0. The lowest BCUT2D eigenvalue weighted by atomic mass is 10.4. The van der Waals surface area contributed by atoms with Crippen LogP contribution in [0.4, 0.5) is 4.79 Å². The smallest absolute Gasteiger partial charge is 0.330 e. The molecule has 0 bridgehead atoms. The van der Waals surface area contributed by atoms with E-state index in [1.165, 1.54) is 0 Å². The summed E-state index contributed by atoms with van der Waals surface area (Å²) in [7, 11) is 0. The van der Waals surface area contributed by atoms with Gasteiger partial charge in [-0.15, -0.1) is 0 Å². The third kappa shape index (κ3) is 1.35. The topological polar surface area (TPSA) is 44.7 Å². The van der Waals surface area contributed by atoms with E-state index in [1.54, 1.807) is 0 Å². The normalized spacial score (nSPS) is 19.1. The van der Waals surface area contributed by atoms with Crippen molar-refractivity contribution in [3.05, 3.63) is 0 Å². The van der Waals surface area contributed by atoms with Gasteiger partial charge < -0.3 is 5.32 Å². The first-order valence-corrected chi connectivity index (χ1v) is 2.91. The molecule has 1 heterocycles. The number of nitrogens with one attached hydrogen (secondary N) is 1. The van der Waals surface area contributed by atoms with E-state index in [1.807, 2.05) is 6.92 Å². The highest BCUT2D eigenvalue weighted by atomic mass is 32.1. The quantitative estimate of drug-likeness (QED) is 0.471. The number of thiol groups is 1.